The number of rotatable bonds is 11. The summed E-state index contributed by atoms with van der Waals surface area (Å²) in [5, 5.41) is 8.31. The van der Waals surface area contributed by atoms with Gasteiger partial charge in [0.2, 0.25) is 0 Å². The van der Waals surface area contributed by atoms with Crippen LogP contribution in [0.15, 0.2) is 71.4 Å². The van der Waals surface area contributed by atoms with Crippen LogP contribution in [0.25, 0.3) is 0 Å². The topological polar surface area (TPSA) is 24.7 Å². The van der Waals surface area contributed by atoms with E-state index < -0.39 is 0 Å². The van der Waals surface area contributed by atoms with Gasteiger partial charge in [0, 0.05) is 0 Å². The van der Waals surface area contributed by atoms with E-state index in [2.05, 4.69) is 72.2 Å². The Morgan fingerprint density at radius 1 is 0.731 bits per heavy atom. The van der Waals surface area contributed by atoms with Gasteiger partial charge in [-0.25, -0.2) is 0 Å². The zero-order valence-electron chi connectivity index (χ0n) is 15.9. The summed E-state index contributed by atoms with van der Waals surface area (Å²) >= 11 is 0. The summed E-state index contributed by atoms with van der Waals surface area (Å²) in [6.07, 6.45) is 13.8. The summed E-state index contributed by atoms with van der Waals surface area (Å²) in [5.74, 6) is 0. The van der Waals surface area contributed by atoms with Gasteiger partial charge in [-0.2, -0.15) is 10.2 Å². The Bertz CT molecular complexity index is 694. The van der Waals surface area contributed by atoms with Crippen molar-refractivity contribution in [2.45, 2.75) is 51.9 Å². The largest absolute Gasteiger partial charge is 0.159 e. The third-order valence-electron chi connectivity index (χ3n) is 4.38. The SMILES string of the molecule is C=CCCCCc1ccc(/C=N/N=C/c2ccc(CCCC)cc2)cc1. The molecule has 0 aromatic heterocycles. The van der Waals surface area contributed by atoms with Crippen molar-refractivity contribution < 1.29 is 0 Å². The predicted octanol–water partition coefficient (Wildman–Crippen LogP) is 6.38. The van der Waals surface area contributed by atoms with Crippen molar-refractivity contribution in [1.29, 1.82) is 0 Å². The molecule has 0 fully saturated rings. The third kappa shape index (κ3) is 7.60. The molecule has 2 rings (SSSR count). The van der Waals surface area contributed by atoms with Gasteiger partial charge < -0.3 is 0 Å². The Balaban J connectivity index is 1.79. The van der Waals surface area contributed by atoms with E-state index >= 15 is 0 Å². The number of hydrogen-bond donors (Lipinski definition) is 0. The van der Waals surface area contributed by atoms with Gasteiger partial charge in [-0.15, -0.1) is 6.58 Å². The molecule has 0 unspecified atom stereocenters. The minimum atomic E-state index is 1.08. The summed E-state index contributed by atoms with van der Waals surface area (Å²) < 4.78 is 0. The molecule has 26 heavy (non-hydrogen) atoms. The van der Waals surface area contributed by atoms with Crippen molar-refractivity contribution in [3.8, 4) is 0 Å². The maximum atomic E-state index is 4.16. The Labute approximate surface area is 158 Å². The van der Waals surface area contributed by atoms with Crippen molar-refractivity contribution in [3.63, 3.8) is 0 Å². The van der Waals surface area contributed by atoms with Crippen LogP contribution in [0.5, 0.6) is 0 Å². The molecule has 0 saturated carbocycles. The quantitative estimate of drug-likeness (QED) is 0.195. The smallest absolute Gasteiger partial charge is 0.0568 e. The van der Waals surface area contributed by atoms with E-state index in [9.17, 15) is 0 Å². The maximum Gasteiger partial charge on any atom is 0.0568 e. The van der Waals surface area contributed by atoms with Crippen LogP contribution in [-0.2, 0) is 12.8 Å². The highest BCUT2D eigenvalue weighted by Crippen LogP contribution is 2.09. The molecule has 0 aliphatic rings. The van der Waals surface area contributed by atoms with Crippen LogP contribution >= 0.6 is 0 Å². The highest BCUT2D eigenvalue weighted by molar-refractivity contribution is 5.82. The number of nitrogens with zero attached hydrogens (tertiary/aromatic N) is 2. The van der Waals surface area contributed by atoms with Crippen LogP contribution in [0.3, 0.4) is 0 Å². The van der Waals surface area contributed by atoms with E-state index in [0.29, 0.717) is 0 Å². The molecule has 0 atom stereocenters. The molecule has 0 radical (unpaired) electrons. The molecule has 0 saturated heterocycles. The highest BCUT2D eigenvalue weighted by atomic mass is 15.2. The van der Waals surface area contributed by atoms with E-state index in [-0.39, 0.29) is 0 Å². The van der Waals surface area contributed by atoms with Gasteiger partial charge in [-0.05, 0) is 60.8 Å². The van der Waals surface area contributed by atoms with Gasteiger partial charge in [0.05, 0.1) is 12.4 Å². The molecule has 0 bridgehead atoms. The van der Waals surface area contributed by atoms with Crippen molar-refractivity contribution in [1.82, 2.24) is 0 Å². The van der Waals surface area contributed by atoms with E-state index in [1.807, 2.05) is 6.08 Å². The van der Waals surface area contributed by atoms with Crippen LogP contribution in [0, 0.1) is 0 Å². The van der Waals surface area contributed by atoms with Gasteiger partial charge in [0.1, 0.15) is 0 Å². The fraction of sp³-hybridized carbons (Fsp3) is 0.333. The molecular weight excluding hydrogens is 316 g/mol. The Morgan fingerprint density at radius 3 is 1.69 bits per heavy atom. The first-order valence-electron chi connectivity index (χ1n) is 9.67. The Kier molecular flexibility index (Phi) is 9.13. The van der Waals surface area contributed by atoms with Gasteiger partial charge in [-0.3, -0.25) is 0 Å². The molecule has 2 heteroatoms. The van der Waals surface area contributed by atoms with E-state index in [4.69, 9.17) is 0 Å². The van der Waals surface area contributed by atoms with Gasteiger partial charge in [0.25, 0.3) is 0 Å². The number of unbranched alkanes of at least 4 members (excludes halogenated alkanes) is 3. The van der Waals surface area contributed by atoms with Gasteiger partial charge in [-0.1, -0.05) is 68.0 Å². The summed E-state index contributed by atoms with van der Waals surface area (Å²) in [6, 6.07) is 17.1. The first-order valence-corrected chi connectivity index (χ1v) is 9.67. The number of aryl methyl sites for hydroxylation is 2. The lowest BCUT2D eigenvalue weighted by Gasteiger charge is -2.01. The van der Waals surface area contributed by atoms with Crippen LogP contribution in [0.1, 0.15) is 61.3 Å². The van der Waals surface area contributed by atoms with E-state index in [1.54, 1.807) is 12.4 Å². The predicted molar refractivity (Wildman–Crippen MR) is 114 cm³/mol. The minimum Gasteiger partial charge on any atom is -0.159 e. The average Bonchev–Trinajstić information content (AvgIpc) is 2.69. The van der Waals surface area contributed by atoms with Crippen LogP contribution in [-0.4, -0.2) is 12.4 Å². The van der Waals surface area contributed by atoms with Gasteiger partial charge >= 0.3 is 0 Å². The third-order valence-corrected chi connectivity index (χ3v) is 4.38. The molecule has 2 aromatic carbocycles. The second kappa shape index (κ2) is 12.0. The lowest BCUT2D eigenvalue weighted by Crippen LogP contribution is -1.88. The van der Waals surface area contributed by atoms with Crippen molar-refractivity contribution in [3.05, 3.63) is 83.4 Å². The molecule has 0 spiro atoms. The summed E-state index contributed by atoms with van der Waals surface area (Å²) in [6.45, 7) is 5.98. The van der Waals surface area contributed by atoms with E-state index in [0.717, 1.165) is 30.4 Å². The molecule has 2 nitrogen and oxygen atoms in total. The lowest BCUT2D eigenvalue weighted by atomic mass is 10.1. The molecule has 0 aliphatic heterocycles. The molecular formula is C24H30N2. The fourth-order valence-corrected chi connectivity index (χ4v) is 2.74. The lowest BCUT2D eigenvalue weighted by molar-refractivity contribution is 0.748. The number of benzene rings is 2. The highest BCUT2D eigenvalue weighted by Gasteiger charge is 1.94. The average molecular weight is 347 g/mol. The normalized spacial score (nSPS) is 11.4. The van der Waals surface area contributed by atoms with Crippen LogP contribution in [0.2, 0.25) is 0 Å². The zero-order chi connectivity index (χ0) is 18.5. The second-order valence-corrected chi connectivity index (χ2v) is 6.61. The first-order chi connectivity index (χ1) is 12.8. The second-order valence-electron chi connectivity index (χ2n) is 6.61. The summed E-state index contributed by atoms with van der Waals surface area (Å²) in [5.41, 5.74) is 4.92. The molecule has 0 amide bonds. The summed E-state index contributed by atoms with van der Waals surface area (Å²) in [4.78, 5) is 0. The number of allylic oxidation sites excluding steroid dienone is 1. The molecule has 0 N–H and O–H groups in total. The zero-order valence-corrected chi connectivity index (χ0v) is 15.9. The Hall–Kier alpha value is -2.48. The maximum absolute atomic E-state index is 4.16. The number of hydrogen-bond acceptors (Lipinski definition) is 2. The summed E-state index contributed by atoms with van der Waals surface area (Å²) in [7, 11) is 0. The molecule has 2 aromatic rings. The fourth-order valence-electron chi connectivity index (χ4n) is 2.74. The first kappa shape index (κ1) is 19.8. The minimum absolute atomic E-state index is 1.08. The van der Waals surface area contributed by atoms with Crippen LogP contribution < -0.4 is 0 Å². The van der Waals surface area contributed by atoms with Crippen molar-refractivity contribution >= 4 is 12.4 Å². The molecule has 0 aliphatic carbocycles. The van der Waals surface area contributed by atoms with Crippen molar-refractivity contribution in [2.24, 2.45) is 10.2 Å². The van der Waals surface area contributed by atoms with E-state index in [1.165, 1.54) is 36.8 Å². The Morgan fingerprint density at radius 2 is 1.23 bits per heavy atom. The standard InChI is InChI=1S/C24H30N2/c1-3-5-7-8-10-22-13-17-24(18-14-22)20-26-25-19-23-15-11-21(12-16-23)9-6-4-2/h3,11-20H,1,4-10H2,2H3/b25-19+,26-20+. The molecule has 0 heterocycles. The van der Waals surface area contributed by atoms with Gasteiger partial charge in [0.15, 0.2) is 0 Å². The van der Waals surface area contributed by atoms with Crippen LogP contribution in [0.4, 0.5) is 0 Å². The van der Waals surface area contributed by atoms with Crippen molar-refractivity contribution in [2.75, 3.05) is 0 Å². The molecule has 136 valence electrons. The monoisotopic (exact) mass is 346 g/mol.